The van der Waals surface area contributed by atoms with Crippen LogP contribution in [0.1, 0.15) is 43.7 Å². The first-order valence-corrected chi connectivity index (χ1v) is 11.6. The summed E-state index contributed by atoms with van der Waals surface area (Å²) in [7, 11) is 0. The maximum absolute atomic E-state index is 15.4. The van der Waals surface area contributed by atoms with Crippen molar-refractivity contribution in [2.45, 2.75) is 50.2 Å². The molecule has 2 aromatic carbocycles. The molecule has 4 atom stereocenters. The van der Waals surface area contributed by atoms with Gasteiger partial charge in [-0.15, -0.1) is 0 Å². The molecule has 1 amide bonds. The van der Waals surface area contributed by atoms with E-state index in [1.807, 2.05) is 4.90 Å². The molecule has 7 nitrogen and oxygen atoms in total. The lowest BCUT2D eigenvalue weighted by Crippen LogP contribution is -2.52. The normalized spacial score (nSPS) is 28.0. The number of carbonyl (C=O) groups is 1. The SMILES string of the molecule is C.O=C1Nc2cc(Cl)ccc2[C@@]12[C@@H](c1cccc(Cl)c1F)[C@H]([N+](=O)[O-])[C@H](CCO)N2CC1CC1. The second kappa shape index (κ2) is 9.07. The summed E-state index contributed by atoms with van der Waals surface area (Å²) in [6.45, 7) is 0.134. The van der Waals surface area contributed by atoms with Crippen LogP contribution in [0.15, 0.2) is 36.4 Å². The lowest BCUT2D eigenvalue weighted by atomic mass is 9.73. The summed E-state index contributed by atoms with van der Waals surface area (Å²) in [6.07, 6.45) is 1.98. The van der Waals surface area contributed by atoms with Gasteiger partial charge in [0.15, 0.2) is 0 Å². The number of rotatable bonds is 6. The number of halogens is 3. The fourth-order valence-corrected chi connectivity index (χ4v) is 6.08. The van der Waals surface area contributed by atoms with E-state index in [1.165, 1.54) is 18.2 Å². The molecule has 1 spiro atoms. The molecule has 0 radical (unpaired) electrons. The Morgan fingerprint density at radius 1 is 1.26 bits per heavy atom. The van der Waals surface area contributed by atoms with Gasteiger partial charge in [0.2, 0.25) is 6.04 Å². The lowest BCUT2D eigenvalue weighted by molar-refractivity contribution is -0.528. The van der Waals surface area contributed by atoms with Gasteiger partial charge in [-0.05, 0) is 43.4 Å². The Morgan fingerprint density at radius 3 is 2.65 bits per heavy atom. The number of aliphatic hydroxyl groups excluding tert-OH is 1. The van der Waals surface area contributed by atoms with Crippen molar-refractivity contribution in [3.05, 3.63) is 73.5 Å². The smallest absolute Gasteiger partial charge is 0.250 e. The average molecular weight is 510 g/mol. The third-order valence-electron chi connectivity index (χ3n) is 7.16. The summed E-state index contributed by atoms with van der Waals surface area (Å²) < 4.78 is 15.4. The molecular weight excluding hydrogens is 484 g/mol. The number of carbonyl (C=O) groups excluding carboxylic acids is 1. The van der Waals surface area contributed by atoms with E-state index >= 15 is 4.39 Å². The highest BCUT2D eigenvalue weighted by Gasteiger charge is 2.71. The molecular formula is C24H26Cl2FN3O4. The Balaban J connectivity index is 0.00000274. The zero-order valence-corrected chi connectivity index (χ0v) is 19.0. The first-order chi connectivity index (χ1) is 15.8. The number of hydrogen-bond donors (Lipinski definition) is 2. The second-order valence-electron chi connectivity index (χ2n) is 8.98. The molecule has 2 fully saturated rings. The highest BCUT2D eigenvalue weighted by atomic mass is 35.5. The molecule has 2 aromatic rings. The van der Waals surface area contributed by atoms with E-state index in [0.717, 1.165) is 12.8 Å². The minimum Gasteiger partial charge on any atom is -0.396 e. The van der Waals surface area contributed by atoms with E-state index in [9.17, 15) is 20.0 Å². The fraction of sp³-hybridized carbons (Fsp3) is 0.458. The first kappa shape index (κ1) is 24.9. The summed E-state index contributed by atoms with van der Waals surface area (Å²) in [5.74, 6) is -2.12. The van der Waals surface area contributed by atoms with E-state index in [4.69, 9.17) is 23.2 Å². The van der Waals surface area contributed by atoms with Crippen LogP contribution in [0.3, 0.4) is 0 Å². The Bertz CT molecular complexity index is 1150. The number of nitro groups is 1. The number of nitrogens with zero attached hydrogens (tertiary/aromatic N) is 2. The number of hydrogen-bond acceptors (Lipinski definition) is 5. The zero-order valence-electron chi connectivity index (χ0n) is 17.5. The van der Waals surface area contributed by atoms with Crippen LogP contribution < -0.4 is 5.32 Å². The van der Waals surface area contributed by atoms with E-state index in [0.29, 0.717) is 22.8 Å². The number of fused-ring (bicyclic) bond motifs is 2. The number of benzene rings is 2. The van der Waals surface area contributed by atoms with E-state index in [1.54, 1.807) is 18.2 Å². The van der Waals surface area contributed by atoms with Crippen molar-refractivity contribution in [2.24, 2.45) is 5.92 Å². The lowest BCUT2D eigenvalue weighted by Gasteiger charge is -2.38. The third kappa shape index (κ3) is 3.59. The van der Waals surface area contributed by atoms with Gasteiger partial charge in [0.25, 0.3) is 5.91 Å². The molecule has 1 saturated heterocycles. The van der Waals surface area contributed by atoms with Crippen molar-refractivity contribution >= 4 is 34.8 Å². The van der Waals surface area contributed by atoms with Gasteiger partial charge in [-0.3, -0.25) is 19.8 Å². The van der Waals surface area contributed by atoms with Crippen LogP contribution in [0.25, 0.3) is 0 Å². The van der Waals surface area contributed by atoms with Crippen molar-refractivity contribution < 1.29 is 19.2 Å². The highest BCUT2D eigenvalue weighted by Crippen LogP contribution is 2.59. The highest BCUT2D eigenvalue weighted by molar-refractivity contribution is 6.31. The number of likely N-dealkylation sites (tertiary alicyclic amines) is 1. The van der Waals surface area contributed by atoms with Gasteiger partial charge in [-0.25, -0.2) is 4.39 Å². The number of anilines is 1. The summed E-state index contributed by atoms with van der Waals surface area (Å²) in [6, 6.07) is 7.17. The van der Waals surface area contributed by atoms with Crippen molar-refractivity contribution in [1.82, 2.24) is 4.90 Å². The topological polar surface area (TPSA) is 95.7 Å². The van der Waals surface area contributed by atoms with Crippen LogP contribution in [-0.2, 0) is 10.3 Å². The summed E-state index contributed by atoms with van der Waals surface area (Å²) in [5.41, 5.74) is -0.545. The zero-order chi connectivity index (χ0) is 23.5. The quantitative estimate of drug-likeness (QED) is 0.429. The minimum absolute atomic E-state index is 0. The molecule has 0 unspecified atom stereocenters. The second-order valence-corrected chi connectivity index (χ2v) is 9.83. The van der Waals surface area contributed by atoms with E-state index in [-0.39, 0.29) is 37.0 Å². The molecule has 2 N–H and O–H groups in total. The average Bonchev–Trinajstić information content (AvgIpc) is 3.48. The number of aliphatic hydroxyl groups is 1. The molecule has 2 aliphatic heterocycles. The molecule has 0 aromatic heterocycles. The van der Waals surface area contributed by atoms with Crippen LogP contribution in [-0.4, -0.2) is 46.1 Å². The predicted molar refractivity (Wildman–Crippen MR) is 128 cm³/mol. The molecule has 3 aliphatic rings. The van der Waals surface area contributed by atoms with Crippen LogP contribution in [0.5, 0.6) is 0 Å². The summed E-state index contributed by atoms with van der Waals surface area (Å²) >= 11 is 12.3. The molecule has 182 valence electrons. The Labute approximate surface area is 207 Å². The Kier molecular flexibility index (Phi) is 6.63. The van der Waals surface area contributed by atoms with Gasteiger partial charge in [0.1, 0.15) is 11.4 Å². The third-order valence-corrected chi connectivity index (χ3v) is 7.69. The van der Waals surface area contributed by atoms with Gasteiger partial charge >= 0.3 is 0 Å². The van der Waals surface area contributed by atoms with Crippen LogP contribution in [0, 0.1) is 21.8 Å². The molecule has 10 heteroatoms. The van der Waals surface area contributed by atoms with Crippen molar-refractivity contribution in [2.75, 3.05) is 18.5 Å². The number of nitrogens with one attached hydrogen (secondary N) is 1. The van der Waals surface area contributed by atoms with Crippen molar-refractivity contribution in [3.63, 3.8) is 0 Å². The van der Waals surface area contributed by atoms with Crippen LogP contribution >= 0.6 is 23.2 Å². The fourth-order valence-electron chi connectivity index (χ4n) is 5.73. The van der Waals surface area contributed by atoms with Crippen LogP contribution in [0.2, 0.25) is 10.0 Å². The van der Waals surface area contributed by atoms with E-state index in [2.05, 4.69) is 5.32 Å². The van der Waals surface area contributed by atoms with Gasteiger partial charge in [-0.1, -0.05) is 48.8 Å². The Hall–Kier alpha value is -2.26. The Morgan fingerprint density at radius 2 is 2.00 bits per heavy atom. The monoisotopic (exact) mass is 509 g/mol. The van der Waals surface area contributed by atoms with Crippen molar-refractivity contribution in [3.8, 4) is 0 Å². The van der Waals surface area contributed by atoms with Crippen LogP contribution in [0.4, 0.5) is 10.1 Å². The number of amides is 1. The largest absolute Gasteiger partial charge is 0.396 e. The maximum Gasteiger partial charge on any atom is 0.250 e. The maximum atomic E-state index is 15.4. The molecule has 34 heavy (non-hydrogen) atoms. The predicted octanol–water partition coefficient (Wildman–Crippen LogP) is 4.82. The first-order valence-electron chi connectivity index (χ1n) is 10.9. The van der Waals surface area contributed by atoms with Crippen molar-refractivity contribution in [1.29, 1.82) is 0 Å². The molecule has 1 aliphatic carbocycles. The summed E-state index contributed by atoms with van der Waals surface area (Å²) in [4.78, 5) is 27.8. The van der Waals surface area contributed by atoms with Gasteiger partial charge < -0.3 is 10.4 Å². The van der Waals surface area contributed by atoms with E-state index < -0.39 is 40.2 Å². The van der Waals surface area contributed by atoms with Gasteiger partial charge in [0, 0.05) is 39.9 Å². The summed E-state index contributed by atoms with van der Waals surface area (Å²) in [5, 5.41) is 25.4. The standard InChI is InChI=1S/C23H22Cl2FN3O4.CH4/c24-13-6-7-15-17(10-13)27-22(31)23(15)19(14-2-1-3-16(25)20(14)26)21(29(32)33)18(8-9-30)28(23)11-12-4-5-12;/h1-3,6-7,10,12,18-19,21,30H,4-5,8-9,11H2,(H,27,31);1H4/t18-,19-,21+,23+;/m0./s1. The minimum atomic E-state index is -1.54. The molecule has 0 bridgehead atoms. The van der Waals surface area contributed by atoms with Gasteiger partial charge in [0.05, 0.1) is 17.0 Å². The van der Waals surface area contributed by atoms with Gasteiger partial charge in [-0.2, -0.15) is 0 Å². The molecule has 2 heterocycles. The molecule has 5 rings (SSSR count). The molecule has 1 saturated carbocycles.